The highest BCUT2D eigenvalue weighted by Gasteiger charge is 2.42. The van der Waals surface area contributed by atoms with Crippen molar-refractivity contribution in [3.63, 3.8) is 0 Å². The van der Waals surface area contributed by atoms with E-state index in [9.17, 15) is 19.6 Å². The number of nitriles is 1. The third-order valence-corrected chi connectivity index (χ3v) is 6.62. The Morgan fingerprint density at radius 3 is 2.43 bits per heavy atom. The van der Waals surface area contributed by atoms with Gasteiger partial charge in [-0.3, -0.25) is 9.59 Å². The average molecular weight is 505 g/mol. The van der Waals surface area contributed by atoms with E-state index in [0.717, 1.165) is 22.3 Å². The number of ether oxygens (including phenoxy) is 3. The number of ketones is 1. The van der Waals surface area contributed by atoms with Crippen LogP contribution in [0.25, 0.3) is 11.1 Å². The van der Waals surface area contributed by atoms with Gasteiger partial charge in [0.15, 0.2) is 5.78 Å². The van der Waals surface area contributed by atoms with Crippen molar-refractivity contribution in [3.8, 4) is 22.9 Å². The van der Waals surface area contributed by atoms with Crippen LogP contribution in [0, 0.1) is 17.2 Å². The van der Waals surface area contributed by atoms with Gasteiger partial charge in [0.25, 0.3) is 0 Å². The molecule has 4 rings (SSSR count). The van der Waals surface area contributed by atoms with Crippen molar-refractivity contribution in [2.24, 2.45) is 5.92 Å². The first-order chi connectivity index (χ1) is 17.6. The Morgan fingerprint density at radius 2 is 1.78 bits per heavy atom. The Hall–Kier alpha value is -3.70. The Kier molecular flexibility index (Phi) is 7.65. The van der Waals surface area contributed by atoms with Gasteiger partial charge in [0, 0.05) is 38.0 Å². The van der Waals surface area contributed by atoms with Gasteiger partial charge in [-0.1, -0.05) is 30.3 Å². The molecule has 0 spiro atoms. The lowest BCUT2D eigenvalue weighted by atomic mass is 9.80. The van der Waals surface area contributed by atoms with Gasteiger partial charge in [-0.15, -0.1) is 0 Å². The van der Waals surface area contributed by atoms with Crippen molar-refractivity contribution >= 4 is 17.8 Å². The molecule has 8 nitrogen and oxygen atoms in total. The van der Waals surface area contributed by atoms with E-state index in [1.807, 2.05) is 36.4 Å². The SMILES string of the molecule is CC(C)(C)OC(=O)NC1(C(=O)C[C@H](C#N)Cc2ccc(-c3ccc4c(c3)CC(=O)O4)cc2)CCOCC1. The van der Waals surface area contributed by atoms with Crippen molar-refractivity contribution in [2.45, 2.75) is 64.0 Å². The number of Topliss-reactive ketones (excluding diaryl/α,β-unsaturated/α-hetero) is 1. The summed E-state index contributed by atoms with van der Waals surface area (Å²) in [6.45, 7) is 6.00. The van der Waals surface area contributed by atoms with Crippen molar-refractivity contribution < 1.29 is 28.6 Å². The third kappa shape index (κ3) is 6.55. The normalized spacial score (nSPS) is 17.2. The number of carbonyl (C=O) groups excluding carboxylic acids is 3. The highest BCUT2D eigenvalue weighted by Crippen LogP contribution is 2.32. The Morgan fingerprint density at radius 1 is 1.11 bits per heavy atom. The van der Waals surface area contributed by atoms with Gasteiger partial charge < -0.3 is 19.5 Å². The summed E-state index contributed by atoms with van der Waals surface area (Å²) >= 11 is 0. The van der Waals surface area contributed by atoms with E-state index in [0.29, 0.717) is 38.2 Å². The smallest absolute Gasteiger partial charge is 0.408 e. The van der Waals surface area contributed by atoms with Crippen molar-refractivity contribution in [2.75, 3.05) is 13.2 Å². The monoisotopic (exact) mass is 504 g/mol. The van der Waals surface area contributed by atoms with Crippen LogP contribution >= 0.6 is 0 Å². The lowest BCUT2D eigenvalue weighted by molar-refractivity contribution is -0.132. The minimum absolute atomic E-state index is 0.0207. The fourth-order valence-electron chi connectivity index (χ4n) is 4.70. The van der Waals surface area contributed by atoms with Crippen LogP contribution in [0.5, 0.6) is 5.75 Å². The molecule has 0 saturated carbocycles. The number of nitrogens with one attached hydrogen (secondary N) is 1. The van der Waals surface area contributed by atoms with Crippen LogP contribution in [0.1, 0.15) is 51.2 Å². The number of fused-ring (bicyclic) bond motifs is 1. The molecule has 0 aliphatic carbocycles. The molecular formula is C29H32N2O6. The zero-order valence-corrected chi connectivity index (χ0v) is 21.5. The molecule has 0 bridgehead atoms. The molecule has 194 valence electrons. The number of hydrogen-bond acceptors (Lipinski definition) is 7. The van der Waals surface area contributed by atoms with Crippen molar-refractivity contribution in [1.29, 1.82) is 5.26 Å². The first-order valence-electron chi connectivity index (χ1n) is 12.5. The highest BCUT2D eigenvalue weighted by molar-refractivity contribution is 5.92. The van der Waals surface area contributed by atoms with E-state index >= 15 is 0 Å². The van der Waals surface area contributed by atoms with E-state index in [2.05, 4.69) is 11.4 Å². The fraction of sp³-hybridized carbons (Fsp3) is 0.448. The first-order valence-corrected chi connectivity index (χ1v) is 12.5. The third-order valence-electron chi connectivity index (χ3n) is 6.62. The second kappa shape index (κ2) is 10.7. The van der Waals surface area contributed by atoms with Gasteiger partial charge in [0.05, 0.1) is 18.4 Å². The summed E-state index contributed by atoms with van der Waals surface area (Å²) in [5, 5.41) is 12.6. The minimum atomic E-state index is -1.10. The number of amides is 1. The summed E-state index contributed by atoms with van der Waals surface area (Å²) in [4.78, 5) is 37.4. The molecule has 2 aromatic carbocycles. The molecule has 1 fully saturated rings. The largest absolute Gasteiger partial charge is 0.444 e. The molecule has 37 heavy (non-hydrogen) atoms. The molecule has 2 aliphatic rings. The van der Waals surface area contributed by atoms with E-state index in [-0.39, 0.29) is 24.6 Å². The summed E-state index contributed by atoms with van der Waals surface area (Å²) in [5.74, 6) is -0.361. The number of rotatable bonds is 7. The summed E-state index contributed by atoms with van der Waals surface area (Å²) in [6, 6.07) is 15.8. The predicted molar refractivity (Wildman–Crippen MR) is 136 cm³/mol. The average Bonchev–Trinajstić information content (AvgIpc) is 3.22. The maximum absolute atomic E-state index is 13.4. The summed E-state index contributed by atoms with van der Waals surface area (Å²) in [7, 11) is 0. The number of esters is 1. The zero-order chi connectivity index (χ0) is 26.6. The summed E-state index contributed by atoms with van der Waals surface area (Å²) in [6.07, 6.45) is 0.746. The van der Waals surface area contributed by atoms with Gasteiger partial charge in [-0.2, -0.15) is 5.26 Å². The van der Waals surface area contributed by atoms with Crippen LogP contribution in [-0.4, -0.2) is 42.2 Å². The van der Waals surface area contributed by atoms with Gasteiger partial charge in [-0.05, 0) is 56.0 Å². The van der Waals surface area contributed by atoms with Crippen LogP contribution in [0.3, 0.4) is 0 Å². The molecule has 2 aliphatic heterocycles. The van der Waals surface area contributed by atoms with Crippen LogP contribution in [0.2, 0.25) is 0 Å². The summed E-state index contributed by atoms with van der Waals surface area (Å²) in [5.41, 5.74) is 1.98. The van der Waals surface area contributed by atoms with Crippen LogP contribution < -0.4 is 10.1 Å². The maximum atomic E-state index is 13.4. The molecule has 0 aromatic heterocycles. The maximum Gasteiger partial charge on any atom is 0.408 e. The Bertz CT molecular complexity index is 1220. The van der Waals surface area contributed by atoms with Gasteiger partial charge >= 0.3 is 12.1 Å². The van der Waals surface area contributed by atoms with Crippen molar-refractivity contribution in [1.82, 2.24) is 5.32 Å². The molecule has 0 radical (unpaired) electrons. The molecule has 1 amide bonds. The minimum Gasteiger partial charge on any atom is -0.444 e. The number of carbonyl (C=O) groups is 3. The van der Waals surface area contributed by atoms with Crippen LogP contribution in [0.4, 0.5) is 4.79 Å². The number of hydrogen-bond donors (Lipinski definition) is 1. The molecule has 8 heteroatoms. The number of alkyl carbamates (subject to hydrolysis) is 1. The molecule has 1 saturated heterocycles. The second-order valence-electron chi connectivity index (χ2n) is 10.6. The molecule has 2 heterocycles. The van der Waals surface area contributed by atoms with Gasteiger partial charge in [0.2, 0.25) is 0 Å². The van der Waals surface area contributed by atoms with E-state index in [4.69, 9.17) is 14.2 Å². The molecule has 1 N–H and O–H groups in total. The number of nitrogens with zero attached hydrogens (tertiary/aromatic N) is 1. The Labute approximate surface area is 216 Å². The zero-order valence-electron chi connectivity index (χ0n) is 21.5. The van der Waals surface area contributed by atoms with Crippen molar-refractivity contribution in [3.05, 3.63) is 53.6 Å². The Balaban J connectivity index is 1.42. The predicted octanol–water partition coefficient (Wildman–Crippen LogP) is 4.53. The van der Waals surface area contributed by atoms with Crippen LogP contribution in [0.15, 0.2) is 42.5 Å². The van der Waals surface area contributed by atoms with Crippen LogP contribution in [-0.2, 0) is 31.9 Å². The molecule has 1 atom stereocenters. The quantitative estimate of drug-likeness (QED) is 0.435. The molecular weight excluding hydrogens is 472 g/mol. The lowest BCUT2D eigenvalue weighted by Gasteiger charge is -2.37. The van der Waals surface area contributed by atoms with E-state index < -0.39 is 23.2 Å². The van der Waals surface area contributed by atoms with E-state index in [1.54, 1.807) is 26.8 Å². The highest BCUT2D eigenvalue weighted by atomic mass is 16.6. The second-order valence-corrected chi connectivity index (χ2v) is 10.6. The number of benzene rings is 2. The van der Waals surface area contributed by atoms with Gasteiger partial charge in [-0.25, -0.2) is 4.79 Å². The first kappa shape index (κ1) is 26.4. The molecule has 2 aromatic rings. The standard InChI is InChI=1S/C29H32N2O6/c1-28(2,3)37-27(34)31-29(10-12-35-13-11-29)25(32)15-20(18-30)14-19-4-6-21(7-5-19)22-8-9-24-23(16-22)17-26(33)36-24/h4-9,16,20H,10-15,17H2,1-3H3,(H,31,34)/t20-/m1/s1. The topological polar surface area (TPSA) is 115 Å². The summed E-state index contributed by atoms with van der Waals surface area (Å²) < 4.78 is 16.0. The lowest BCUT2D eigenvalue weighted by Crippen LogP contribution is -2.58. The van der Waals surface area contributed by atoms with E-state index in [1.165, 1.54) is 0 Å². The fourth-order valence-corrected chi connectivity index (χ4v) is 4.70. The van der Waals surface area contributed by atoms with Gasteiger partial charge in [0.1, 0.15) is 16.9 Å². The molecule has 0 unspecified atom stereocenters.